The van der Waals surface area contributed by atoms with E-state index in [0.717, 1.165) is 33.8 Å². The largest absolute Gasteiger partial charge is 0.496 e. The molecule has 0 aliphatic rings. The molecule has 0 saturated carbocycles. The Labute approximate surface area is 113 Å². The molecule has 1 aromatic heterocycles. The Morgan fingerprint density at radius 2 is 1.79 bits per heavy atom. The highest BCUT2D eigenvalue weighted by atomic mass is 16.5. The van der Waals surface area contributed by atoms with Gasteiger partial charge in [0, 0.05) is 11.1 Å². The van der Waals surface area contributed by atoms with Gasteiger partial charge >= 0.3 is 0 Å². The maximum Gasteiger partial charge on any atom is 0.125 e. The van der Waals surface area contributed by atoms with Crippen LogP contribution in [0.15, 0.2) is 22.6 Å². The van der Waals surface area contributed by atoms with E-state index in [2.05, 4.69) is 0 Å². The molecule has 19 heavy (non-hydrogen) atoms. The van der Waals surface area contributed by atoms with Gasteiger partial charge in [-0.1, -0.05) is 11.6 Å². The number of methoxy groups -OCH3 is 1. The van der Waals surface area contributed by atoms with Crippen LogP contribution >= 0.6 is 0 Å². The van der Waals surface area contributed by atoms with Crippen molar-refractivity contribution in [3.63, 3.8) is 0 Å². The third-order valence-corrected chi connectivity index (χ3v) is 3.57. The Kier molecular flexibility index (Phi) is 3.67. The number of aryl methyl sites for hydroxylation is 3. The SMILES string of the molecule is COc1ccc(C)cc1C(O)c1c(C)oc(C)c1C. The predicted molar refractivity (Wildman–Crippen MR) is 74.7 cm³/mol. The van der Waals surface area contributed by atoms with E-state index >= 15 is 0 Å². The number of ether oxygens (including phenoxy) is 1. The molecule has 102 valence electrons. The van der Waals surface area contributed by atoms with E-state index in [0.29, 0.717) is 5.75 Å². The number of rotatable bonds is 3. The standard InChI is InChI=1S/C16H20O3/c1-9-6-7-14(18-5)13(8-9)16(17)15-10(2)11(3)19-12(15)4/h6-8,16-17H,1-5H3. The molecule has 0 amide bonds. The normalized spacial score (nSPS) is 12.5. The van der Waals surface area contributed by atoms with Gasteiger partial charge in [-0.25, -0.2) is 0 Å². The lowest BCUT2D eigenvalue weighted by Crippen LogP contribution is -2.04. The van der Waals surface area contributed by atoms with Crippen molar-refractivity contribution in [3.05, 3.63) is 52.0 Å². The fourth-order valence-corrected chi connectivity index (χ4v) is 2.44. The lowest BCUT2D eigenvalue weighted by molar-refractivity contribution is 0.212. The first-order valence-electron chi connectivity index (χ1n) is 6.34. The van der Waals surface area contributed by atoms with Gasteiger partial charge in [0.25, 0.3) is 0 Å². The smallest absolute Gasteiger partial charge is 0.125 e. The summed E-state index contributed by atoms with van der Waals surface area (Å²) in [6.45, 7) is 7.75. The quantitative estimate of drug-likeness (QED) is 0.916. The minimum absolute atomic E-state index is 0.691. The van der Waals surface area contributed by atoms with Gasteiger partial charge in [0.1, 0.15) is 23.4 Å². The monoisotopic (exact) mass is 260 g/mol. The van der Waals surface area contributed by atoms with Gasteiger partial charge in [0.2, 0.25) is 0 Å². The molecule has 1 unspecified atom stereocenters. The minimum atomic E-state index is -0.729. The Balaban J connectivity index is 2.55. The second kappa shape index (κ2) is 5.10. The molecular formula is C16H20O3. The number of benzene rings is 1. The van der Waals surface area contributed by atoms with Gasteiger partial charge in [0.05, 0.1) is 7.11 Å². The summed E-state index contributed by atoms with van der Waals surface area (Å²) < 4.78 is 10.9. The molecule has 0 fully saturated rings. The molecule has 2 aromatic rings. The fourth-order valence-electron chi connectivity index (χ4n) is 2.44. The topological polar surface area (TPSA) is 42.6 Å². The molecule has 0 aliphatic heterocycles. The molecule has 2 rings (SSSR count). The van der Waals surface area contributed by atoms with Crippen molar-refractivity contribution in [2.75, 3.05) is 7.11 Å². The van der Waals surface area contributed by atoms with Gasteiger partial charge in [-0.05, 0) is 45.4 Å². The highest BCUT2D eigenvalue weighted by molar-refractivity contribution is 5.46. The second-order valence-electron chi connectivity index (χ2n) is 4.90. The Hall–Kier alpha value is -1.74. The average Bonchev–Trinajstić information content (AvgIpc) is 2.62. The van der Waals surface area contributed by atoms with E-state index < -0.39 is 6.10 Å². The van der Waals surface area contributed by atoms with Gasteiger partial charge in [-0.2, -0.15) is 0 Å². The third kappa shape index (κ3) is 2.38. The summed E-state index contributed by atoms with van der Waals surface area (Å²) in [4.78, 5) is 0. The second-order valence-corrected chi connectivity index (χ2v) is 4.90. The summed E-state index contributed by atoms with van der Waals surface area (Å²) in [7, 11) is 1.61. The van der Waals surface area contributed by atoms with Crippen molar-refractivity contribution in [2.24, 2.45) is 0 Å². The van der Waals surface area contributed by atoms with Crippen LogP contribution in [0.1, 0.15) is 39.9 Å². The van der Waals surface area contributed by atoms with Crippen LogP contribution in [0, 0.1) is 27.7 Å². The molecule has 0 saturated heterocycles. The zero-order valence-corrected chi connectivity index (χ0v) is 12.1. The van der Waals surface area contributed by atoms with Gasteiger partial charge in [-0.3, -0.25) is 0 Å². The van der Waals surface area contributed by atoms with E-state index in [9.17, 15) is 5.11 Å². The molecule has 0 radical (unpaired) electrons. The molecule has 0 spiro atoms. The van der Waals surface area contributed by atoms with E-state index in [4.69, 9.17) is 9.15 Å². The van der Waals surface area contributed by atoms with E-state index in [1.54, 1.807) is 7.11 Å². The van der Waals surface area contributed by atoms with Crippen LogP contribution < -0.4 is 4.74 Å². The summed E-state index contributed by atoms with van der Waals surface area (Å²) in [6, 6.07) is 5.80. The number of furan rings is 1. The zero-order chi connectivity index (χ0) is 14.2. The van der Waals surface area contributed by atoms with Crippen molar-refractivity contribution >= 4 is 0 Å². The molecule has 1 atom stereocenters. The lowest BCUT2D eigenvalue weighted by Gasteiger charge is -2.16. The summed E-state index contributed by atoms with van der Waals surface area (Å²) >= 11 is 0. The Morgan fingerprint density at radius 1 is 1.11 bits per heavy atom. The molecule has 1 N–H and O–H groups in total. The lowest BCUT2D eigenvalue weighted by atomic mass is 9.96. The van der Waals surface area contributed by atoms with Crippen LogP contribution in [0.2, 0.25) is 0 Å². The van der Waals surface area contributed by atoms with Crippen molar-refractivity contribution in [2.45, 2.75) is 33.8 Å². The summed E-state index contributed by atoms with van der Waals surface area (Å²) in [6.07, 6.45) is -0.729. The highest BCUT2D eigenvalue weighted by Crippen LogP contribution is 2.35. The maximum atomic E-state index is 10.7. The number of hydrogen-bond acceptors (Lipinski definition) is 3. The van der Waals surface area contributed by atoms with Gasteiger partial charge < -0.3 is 14.3 Å². The number of hydrogen-bond donors (Lipinski definition) is 1. The first kappa shape index (κ1) is 13.7. The predicted octanol–water partition coefficient (Wildman–Crippen LogP) is 3.60. The molecule has 1 heterocycles. The summed E-state index contributed by atoms with van der Waals surface area (Å²) in [5.74, 6) is 2.29. The van der Waals surface area contributed by atoms with Crippen LogP contribution in [0.5, 0.6) is 5.75 Å². The fraction of sp³-hybridized carbons (Fsp3) is 0.375. The van der Waals surface area contributed by atoms with Crippen molar-refractivity contribution in [1.82, 2.24) is 0 Å². The molecule has 0 bridgehead atoms. The zero-order valence-electron chi connectivity index (χ0n) is 12.1. The van der Waals surface area contributed by atoms with E-state index in [1.165, 1.54) is 0 Å². The van der Waals surface area contributed by atoms with Crippen LogP contribution in [-0.2, 0) is 0 Å². The Bertz CT molecular complexity index is 596. The molecular weight excluding hydrogens is 240 g/mol. The van der Waals surface area contributed by atoms with E-state index in [1.807, 2.05) is 45.9 Å². The van der Waals surface area contributed by atoms with Crippen molar-refractivity contribution < 1.29 is 14.3 Å². The molecule has 3 nitrogen and oxygen atoms in total. The number of aliphatic hydroxyl groups excluding tert-OH is 1. The number of aliphatic hydroxyl groups is 1. The molecule has 0 aliphatic carbocycles. The van der Waals surface area contributed by atoms with Crippen LogP contribution in [-0.4, -0.2) is 12.2 Å². The van der Waals surface area contributed by atoms with Crippen molar-refractivity contribution in [1.29, 1.82) is 0 Å². The van der Waals surface area contributed by atoms with Crippen LogP contribution in [0.3, 0.4) is 0 Å². The average molecular weight is 260 g/mol. The van der Waals surface area contributed by atoms with Crippen LogP contribution in [0.4, 0.5) is 0 Å². The Morgan fingerprint density at radius 3 is 2.32 bits per heavy atom. The minimum Gasteiger partial charge on any atom is -0.496 e. The molecule has 1 aromatic carbocycles. The van der Waals surface area contributed by atoms with E-state index in [-0.39, 0.29) is 0 Å². The van der Waals surface area contributed by atoms with Gasteiger partial charge in [0.15, 0.2) is 0 Å². The first-order valence-corrected chi connectivity index (χ1v) is 6.34. The summed E-state index contributed by atoms with van der Waals surface area (Å²) in [5, 5.41) is 10.7. The maximum absolute atomic E-state index is 10.7. The van der Waals surface area contributed by atoms with Gasteiger partial charge in [-0.15, -0.1) is 0 Å². The summed E-state index contributed by atoms with van der Waals surface area (Å²) in [5.41, 5.74) is 3.69. The van der Waals surface area contributed by atoms with Crippen molar-refractivity contribution in [3.8, 4) is 5.75 Å². The molecule has 3 heteroatoms. The van der Waals surface area contributed by atoms with Crippen LogP contribution in [0.25, 0.3) is 0 Å². The highest BCUT2D eigenvalue weighted by Gasteiger charge is 2.23. The third-order valence-electron chi connectivity index (χ3n) is 3.57. The first-order chi connectivity index (χ1) is 8.95.